The lowest BCUT2D eigenvalue weighted by Gasteiger charge is -2.39. The highest BCUT2D eigenvalue weighted by molar-refractivity contribution is 7.90. The van der Waals surface area contributed by atoms with Gasteiger partial charge in [-0.05, 0) is 48.4 Å². The first-order chi connectivity index (χ1) is 24.0. The van der Waals surface area contributed by atoms with Crippen LogP contribution in [0.3, 0.4) is 0 Å². The summed E-state index contributed by atoms with van der Waals surface area (Å²) in [7, 11) is -0.663. The van der Waals surface area contributed by atoms with Crippen molar-refractivity contribution in [2.75, 3.05) is 84.4 Å². The van der Waals surface area contributed by atoms with Crippen molar-refractivity contribution in [2.24, 2.45) is 4.99 Å². The van der Waals surface area contributed by atoms with Gasteiger partial charge in [0.25, 0.3) is 0 Å². The van der Waals surface area contributed by atoms with Crippen LogP contribution in [0.4, 0.5) is 10.5 Å². The molecule has 2 aliphatic heterocycles. The van der Waals surface area contributed by atoms with Crippen LogP contribution in [0.15, 0.2) is 70.6 Å². The lowest BCUT2D eigenvalue weighted by molar-refractivity contribution is 0.122. The monoisotopic (exact) mass is 830 g/mol. The van der Waals surface area contributed by atoms with Gasteiger partial charge in [0.1, 0.15) is 32.4 Å². The molecule has 2 heterocycles. The van der Waals surface area contributed by atoms with Gasteiger partial charge in [-0.15, -0.1) is 12.4 Å². The standard InChI is InChI=1S/C35H44Cl2N6O6S2.CH4.ClH/c1-7-49-30-23-29(39(2)3)31(51(47,48)40(4)5)22-28(30)34-38-32(24-8-12-26(36)13-9-24)33(25-10-14-27(37)15-11-25)43(34)35(44)42-18-16-41(17-19-42)20-21-50(6,45)46;;/h8-15,22-23,32-33H,7,16-21H2,1-6H3;1H4;1H/t32-,33+;;/m0../s1. The summed E-state index contributed by atoms with van der Waals surface area (Å²) in [4.78, 5) is 27.3. The molecule has 53 heavy (non-hydrogen) atoms. The minimum absolute atomic E-state index is 0. The molecule has 12 nitrogen and oxygen atoms in total. The Labute approximate surface area is 330 Å². The summed E-state index contributed by atoms with van der Waals surface area (Å²) in [6, 6.07) is 16.1. The maximum absolute atomic E-state index is 15.0. The quantitative estimate of drug-likeness (QED) is 0.228. The molecule has 3 aromatic rings. The molecule has 17 heteroatoms. The van der Waals surface area contributed by atoms with Crippen LogP contribution >= 0.6 is 35.6 Å². The Balaban J connectivity index is 0.00000378. The van der Waals surface area contributed by atoms with Crippen LogP contribution in [0.2, 0.25) is 10.0 Å². The molecule has 2 amide bonds. The minimum atomic E-state index is -3.97. The van der Waals surface area contributed by atoms with Gasteiger partial charge in [0, 0.05) is 83.3 Å². The summed E-state index contributed by atoms with van der Waals surface area (Å²) >= 11 is 12.6. The van der Waals surface area contributed by atoms with E-state index in [0.29, 0.717) is 59.8 Å². The van der Waals surface area contributed by atoms with E-state index in [1.807, 2.05) is 36.1 Å². The predicted octanol–water partition coefficient (Wildman–Crippen LogP) is 6.09. The molecule has 0 unspecified atom stereocenters. The first-order valence-corrected chi connectivity index (χ1v) is 20.8. The number of sulfonamides is 1. The van der Waals surface area contributed by atoms with Gasteiger partial charge in [-0.3, -0.25) is 14.8 Å². The van der Waals surface area contributed by atoms with Gasteiger partial charge in [-0.25, -0.2) is 25.9 Å². The molecular formula is C36H49Cl3N6O6S2. The van der Waals surface area contributed by atoms with E-state index in [4.69, 9.17) is 32.9 Å². The molecule has 0 bridgehead atoms. The number of urea groups is 1. The van der Waals surface area contributed by atoms with Crippen LogP contribution < -0.4 is 9.64 Å². The van der Waals surface area contributed by atoms with E-state index in [-0.39, 0.29) is 49.0 Å². The number of anilines is 1. The summed E-state index contributed by atoms with van der Waals surface area (Å²) < 4.78 is 58.6. The number of amides is 2. The third-order valence-electron chi connectivity index (χ3n) is 8.96. The average molecular weight is 832 g/mol. The Hall–Kier alpha value is -3.11. The molecule has 3 aromatic carbocycles. The second kappa shape index (κ2) is 18.0. The Kier molecular flexibility index (Phi) is 15.1. The molecule has 2 aliphatic rings. The molecule has 292 valence electrons. The van der Waals surface area contributed by atoms with E-state index in [9.17, 15) is 21.6 Å². The number of sulfone groups is 1. The Morgan fingerprint density at radius 1 is 0.887 bits per heavy atom. The zero-order valence-corrected chi connectivity index (χ0v) is 34.0. The summed E-state index contributed by atoms with van der Waals surface area (Å²) in [5.74, 6) is 0.656. The van der Waals surface area contributed by atoms with Crippen molar-refractivity contribution in [2.45, 2.75) is 31.3 Å². The number of hydrogen-bond acceptors (Lipinski definition) is 9. The maximum atomic E-state index is 15.0. The highest BCUT2D eigenvalue weighted by Crippen LogP contribution is 2.46. The zero-order chi connectivity index (χ0) is 37.2. The molecule has 2 atom stereocenters. The first kappa shape index (κ1) is 44.3. The number of ether oxygens (including phenoxy) is 1. The first-order valence-electron chi connectivity index (χ1n) is 16.5. The summed E-state index contributed by atoms with van der Waals surface area (Å²) in [6.07, 6.45) is 1.21. The normalized spacial score (nSPS) is 17.9. The summed E-state index contributed by atoms with van der Waals surface area (Å²) in [5, 5.41) is 1.07. The van der Waals surface area contributed by atoms with E-state index in [2.05, 4.69) is 0 Å². The van der Waals surface area contributed by atoms with E-state index in [1.54, 1.807) is 65.2 Å². The van der Waals surface area contributed by atoms with Gasteiger partial charge in [-0.1, -0.05) is 54.9 Å². The van der Waals surface area contributed by atoms with Gasteiger partial charge in [0.2, 0.25) is 10.0 Å². The SMILES string of the molecule is C.CCOc1cc(N(C)C)c(S(=O)(=O)N(C)C)cc1C1=N[C@@H](c2ccc(Cl)cc2)[C@@H](c2ccc(Cl)cc2)N1C(=O)N1CCN(CCS(C)(=O)=O)CC1.Cl. The minimum Gasteiger partial charge on any atom is -0.493 e. The predicted molar refractivity (Wildman–Crippen MR) is 217 cm³/mol. The molecule has 1 saturated heterocycles. The van der Waals surface area contributed by atoms with Crippen LogP contribution in [0, 0.1) is 0 Å². The third-order valence-corrected chi connectivity index (χ3v) is 12.2. The second-order valence-electron chi connectivity index (χ2n) is 13.0. The molecule has 0 aliphatic carbocycles. The summed E-state index contributed by atoms with van der Waals surface area (Å²) in [6.45, 7) is 4.16. The number of rotatable bonds is 11. The zero-order valence-electron chi connectivity index (χ0n) is 30.0. The van der Waals surface area contributed by atoms with Crippen molar-refractivity contribution in [3.05, 3.63) is 87.4 Å². The lowest BCUT2D eigenvalue weighted by Crippen LogP contribution is -2.54. The number of piperazine rings is 1. The van der Waals surface area contributed by atoms with Crippen LogP contribution in [-0.2, 0) is 19.9 Å². The number of halogens is 3. The average Bonchev–Trinajstić information content (AvgIpc) is 3.47. The maximum Gasteiger partial charge on any atom is 0.326 e. The van der Waals surface area contributed by atoms with Crippen molar-refractivity contribution < 1.29 is 26.4 Å². The van der Waals surface area contributed by atoms with Gasteiger partial charge >= 0.3 is 6.03 Å². The fraction of sp³-hybridized carbons (Fsp3) is 0.444. The number of aliphatic imine (C=N–C) groups is 1. The van der Waals surface area contributed by atoms with Crippen LogP contribution in [0.1, 0.15) is 43.1 Å². The molecule has 0 N–H and O–H groups in total. The van der Waals surface area contributed by atoms with Crippen LogP contribution in [-0.4, -0.2) is 127 Å². The number of nitrogens with zero attached hydrogens (tertiary/aromatic N) is 6. The molecule has 5 rings (SSSR count). The van der Waals surface area contributed by atoms with Crippen molar-refractivity contribution in [1.29, 1.82) is 0 Å². The molecular weight excluding hydrogens is 783 g/mol. The van der Waals surface area contributed by atoms with Crippen molar-refractivity contribution in [3.63, 3.8) is 0 Å². The molecule has 0 radical (unpaired) electrons. The third kappa shape index (κ3) is 9.96. The molecule has 0 saturated carbocycles. The Morgan fingerprint density at radius 2 is 1.43 bits per heavy atom. The van der Waals surface area contributed by atoms with E-state index < -0.39 is 31.9 Å². The number of amidine groups is 1. The van der Waals surface area contributed by atoms with Crippen LogP contribution in [0.25, 0.3) is 0 Å². The fourth-order valence-corrected chi connectivity index (χ4v) is 8.22. The summed E-state index contributed by atoms with van der Waals surface area (Å²) in [5.41, 5.74) is 2.32. The van der Waals surface area contributed by atoms with Gasteiger partial charge in [0.15, 0.2) is 0 Å². The van der Waals surface area contributed by atoms with Gasteiger partial charge in [-0.2, -0.15) is 0 Å². The fourth-order valence-electron chi connectivity index (χ4n) is 6.22. The smallest absolute Gasteiger partial charge is 0.326 e. The van der Waals surface area contributed by atoms with Crippen LogP contribution in [0.5, 0.6) is 5.75 Å². The second-order valence-corrected chi connectivity index (χ2v) is 18.2. The Bertz CT molecular complexity index is 1990. The van der Waals surface area contributed by atoms with Crippen molar-refractivity contribution in [3.8, 4) is 5.75 Å². The highest BCUT2D eigenvalue weighted by Gasteiger charge is 2.45. The van der Waals surface area contributed by atoms with E-state index in [1.165, 1.54) is 20.4 Å². The van der Waals surface area contributed by atoms with E-state index >= 15 is 0 Å². The number of carbonyl (C=O) groups is 1. The highest BCUT2D eigenvalue weighted by atomic mass is 35.5. The molecule has 0 spiro atoms. The molecule has 0 aromatic heterocycles. The van der Waals surface area contributed by atoms with Crippen molar-refractivity contribution in [1.82, 2.24) is 19.0 Å². The van der Waals surface area contributed by atoms with E-state index in [0.717, 1.165) is 15.4 Å². The number of carbonyl (C=O) groups excluding carboxylic acids is 1. The molecule has 1 fully saturated rings. The lowest BCUT2D eigenvalue weighted by atomic mass is 9.93. The largest absolute Gasteiger partial charge is 0.493 e. The topological polar surface area (TPSA) is 123 Å². The van der Waals surface area contributed by atoms with Gasteiger partial charge < -0.3 is 14.5 Å². The number of benzene rings is 3. The van der Waals surface area contributed by atoms with Crippen molar-refractivity contribution >= 4 is 73.0 Å². The Morgan fingerprint density at radius 3 is 1.92 bits per heavy atom. The number of hydrogen-bond donors (Lipinski definition) is 0. The van der Waals surface area contributed by atoms with Gasteiger partial charge in [0.05, 0.1) is 29.7 Å².